The Hall–Kier alpha value is -0.750. The molecule has 2 heterocycles. The maximum Gasteiger partial charge on any atom is 0.139 e. The highest BCUT2D eigenvalue weighted by Gasteiger charge is 2.02. The van der Waals surface area contributed by atoms with Crippen LogP contribution in [0.3, 0.4) is 0 Å². The van der Waals surface area contributed by atoms with E-state index in [4.69, 9.17) is 0 Å². The van der Waals surface area contributed by atoms with Crippen LogP contribution in [-0.4, -0.2) is 20.0 Å². The largest absolute Gasteiger partial charge is 0.265 e. The molecule has 0 amide bonds. The van der Waals surface area contributed by atoms with Crippen molar-refractivity contribution in [3.05, 3.63) is 26.9 Å². The van der Waals surface area contributed by atoms with E-state index < -0.39 is 0 Å². The number of rotatable bonds is 2. The number of aryl methyl sites for hydroxylation is 1. The summed E-state index contributed by atoms with van der Waals surface area (Å²) < 4.78 is 2.80. The minimum absolute atomic E-state index is 0.692. The predicted molar refractivity (Wildman–Crippen MR) is 53.7 cm³/mol. The first-order chi connectivity index (χ1) is 6.24. The van der Waals surface area contributed by atoms with Crippen LogP contribution in [0, 0.1) is 6.92 Å². The van der Waals surface area contributed by atoms with Gasteiger partial charge in [0, 0.05) is 6.20 Å². The van der Waals surface area contributed by atoms with Crippen LogP contribution in [0.2, 0.25) is 0 Å². The average molecular weight is 259 g/mol. The molecule has 0 N–H and O–H groups in total. The molecule has 13 heavy (non-hydrogen) atoms. The summed E-state index contributed by atoms with van der Waals surface area (Å²) in [5.41, 5.74) is 0. The first-order valence-electron chi connectivity index (χ1n) is 3.71. The zero-order chi connectivity index (χ0) is 9.26. The van der Waals surface area contributed by atoms with Gasteiger partial charge in [0.25, 0.3) is 0 Å². The van der Waals surface area contributed by atoms with Gasteiger partial charge in [-0.05, 0) is 22.9 Å². The Kier molecular flexibility index (Phi) is 2.41. The molecule has 0 saturated carbocycles. The quantitative estimate of drug-likeness (QED) is 0.826. The van der Waals surface area contributed by atoms with Crippen molar-refractivity contribution in [2.24, 2.45) is 0 Å². The van der Waals surface area contributed by atoms with Crippen molar-refractivity contribution in [1.82, 2.24) is 20.0 Å². The second kappa shape index (κ2) is 3.55. The normalized spacial score (nSPS) is 10.6. The third kappa shape index (κ3) is 2.13. The number of hydrogen-bond acceptors (Lipinski definition) is 4. The predicted octanol–water partition coefficient (Wildman–Crippen LogP) is 1.85. The summed E-state index contributed by atoms with van der Waals surface area (Å²) in [6, 6.07) is 0. The minimum Gasteiger partial charge on any atom is -0.265 e. The second-order valence-corrected chi connectivity index (χ2v) is 4.75. The van der Waals surface area contributed by atoms with Crippen molar-refractivity contribution < 1.29 is 0 Å². The van der Waals surface area contributed by atoms with Gasteiger partial charge in [0.15, 0.2) is 0 Å². The summed E-state index contributed by atoms with van der Waals surface area (Å²) in [7, 11) is 0. The summed E-state index contributed by atoms with van der Waals surface area (Å²) >= 11 is 4.93. The number of hydrogen-bond donors (Lipinski definition) is 0. The molecule has 2 aromatic heterocycles. The third-order valence-corrected chi connectivity index (χ3v) is 2.70. The molecular weight excluding hydrogens is 252 g/mol. The lowest BCUT2D eigenvalue weighted by Crippen LogP contribution is -1.98. The molecule has 0 bridgehead atoms. The number of halogens is 1. The topological polar surface area (TPSA) is 43.6 Å². The van der Waals surface area contributed by atoms with Gasteiger partial charge in [-0.2, -0.15) is 5.10 Å². The van der Waals surface area contributed by atoms with Crippen LogP contribution in [0.4, 0.5) is 0 Å². The lowest BCUT2D eigenvalue weighted by molar-refractivity contribution is 0.676. The van der Waals surface area contributed by atoms with E-state index in [0.29, 0.717) is 6.54 Å². The van der Waals surface area contributed by atoms with Gasteiger partial charge in [-0.3, -0.25) is 4.68 Å². The Morgan fingerprint density at radius 3 is 2.92 bits per heavy atom. The molecule has 2 aromatic rings. The Morgan fingerprint density at radius 1 is 1.54 bits per heavy atom. The lowest BCUT2D eigenvalue weighted by atomic mass is 10.7. The van der Waals surface area contributed by atoms with Crippen LogP contribution < -0.4 is 0 Å². The maximum absolute atomic E-state index is 4.13. The molecule has 2 rings (SSSR count). The van der Waals surface area contributed by atoms with Crippen molar-refractivity contribution in [2.45, 2.75) is 13.5 Å². The van der Waals surface area contributed by atoms with Crippen molar-refractivity contribution in [2.75, 3.05) is 0 Å². The van der Waals surface area contributed by atoms with Crippen LogP contribution in [0.15, 0.2) is 16.9 Å². The number of aromatic nitrogens is 4. The lowest BCUT2D eigenvalue weighted by Gasteiger charge is -1.93. The zero-order valence-corrected chi connectivity index (χ0v) is 9.34. The van der Waals surface area contributed by atoms with E-state index in [2.05, 4.69) is 31.2 Å². The molecule has 0 aliphatic rings. The molecular formula is C7H7BrN4S. The van der Waals surface area contributed by atoms with Crippen molar-refractivity contribution in [1.29, 1.82) is 0 Å². The molecule has 6 heteroatoms. The van der Waals surface area contributed by atoms with Gasteiger partial charge in [0.2, 0.25) is 0 Å². The van der Waals surface area contributed by atoms with Gasteiger partial charge < -0.3 is 0 Å². The van der Waals surface area contributed by atoms with Crippen LogP contribution in [0.1, 0.15) is 10.0 Å². The molecule has 0 radical (unpaired) electrons. The fourth-order valence-electron chi connectivity index (χ4n) is 0.965. The minimum atomic E-state index is 0.692. The molecule has 0 fully saturated rings. The standard InChI is InChI=1S/C7H7BrN4S/c1-5-10-11-7(13-5)4-12-3-6(8)2-9-12/h2-3H,4H2,1H3. The highest BCUT2D eigenvalue weighted by atomic mass is 79.9. The fourth-order valence-corrected chi connectivity index (χ4v) is 1.99. The molecule has 0 spiro atoms. The molecule has 0 unspecified atom stereocenters. The van der Waals surface area contributed by atoms with Gasteiger partial charge in [0.05, 0.1) is 17.2 Å². The summed E-state index contributed by atoms with van der Waals surface area (Å²) in [4.78, 5) is 0. The van der Waals surface area contributed by atoms with E-state index in [1.54, 1.807) is 17.5 Å². The summed E-state index contributed by atoms with van der Waals surface area (Å²) in [5.74, 6) is 0. The second-order valence-electron chi connectivity index (χ2n) is 2.57. The van der Waals surface area contributed by atoms with Gasteiger partial charge >= 0.3 is 0 Å². The van der Waals surface area contributed by atoms with E-state index in [9.17, 15) is 0 Å². The number of nitrogens with zero attached hydrogens (tertiary/aromatic N) is 4. The van der Waals surface area contributed by atoms with E-state index in [-0.39, 0.29) is 0 Å². The van der Waals surface area contributed by atoms with Crippen molar-refractivity contribution in [3.8, 4) is 0 Å². The molecule has 0 aliphatic heterocycles. The van der Waals surface area contributed by atoms with Gasteiger partial charge in [0.1, 0.15) is 10.0 Å². The Balaban J connectivity index is 2.14. The average Bonchev–Trinajstić information content (AvgIpc) is 2.62. The Morgan fingerprint density at radius 2 is 2.38 bits per heavy atom. The Bertz CT molecular complexity index is 370. The van der Waals surface area contributed by atoms with E-state index >= 15 is 0 Å². The van der Waals surface area contributed by atoms with Crippen LogP contribution in [-0.2, 0) is 6.54 Å². The van der Waals surface area contributed by atoms with E-state index in [1.807, 2.05) is 17.8 Å². The van der Waals surface area contributed by atoms with Crippen molar-refractivity contribution in [3.63, 3.8) is 0 Å². The van der Waals surface area contributed by atoms with Gasteiger partial charge in [-0.1, -0.05) is 11.3 Å². The fraction of sp³-hybridized carbons (Fsp3) is 0.286. The van der Waals surface area contributed by atoms with Crippen molar-refractivity contribution >= 4 is 27.3 Å². The van der Waals surface area contributed by atoms with Gasteiger partial charge in [-0.15, -0.1) is 10.2 Å². The van der Waals surface area contributed by atoms with Crippen LogP contribution in [0.25, 0.3) is 0 Å². The van der Waals surface area contributed by atoms with Crippen LogP contribution in [0.5, 0.6) is 0 Å². The summed E-state index contributed by atoms with van der Waals surface area (Å²) in [6.45, 7) is 2.64. The molecule has 0 aromatic carbocycles. The van der Waals surface area contributed by atoms with E-state index in [0.717, 1.165) is 14.5 Å². The van der Waals surface area contributed by atoms with Gasteiger partial charge in [-0.25, -0.2) is 0 Å². The monoisotopic (exact) mass is 258 g/mol. The van der Waals surface area contributed by atoms with Crippen LogP contribution >= 0.6 is 27.3 Å². The molecule has 4 nitrogen and oxygen atoms in total. The first kappa shape index (κ1) is 8.83. The maximum atomic E-state index is 4.13. The first-order valence-corrected chi connectivity index (χ1v) is 5.32. The molecule has 0 aliphatic carbocycles. The smallest absolute Gasteiger partial charge is 0.139 e. The highest BCUT2D eigenvalue weighted by Crippen LogP contribution is 2.11. The highest BCUT2D eigenvalue weighted by molar-refractivity contribution is 9.10. The summed E-state index contributed by atoms with van der Waals surface area (Å²) in [5, 5.41) is 14.0. The summed E-state index contributed by atoms with van der Waals surface area (Å²) in [6.07, 6.45) is 3.67. The zero-order valence-electron chi connectivity index (χ0n) is 6.94. The molecule has 68 valence electrons. The molecule has 0 saturated heterocycles. The molecule has 0 atom stereocenters. The SMILES string of the molecule is Cc1nnc(Cn2cc(Br)cn2)s1. The van der Waals surface area contributed by atoms with E-state index in [1.165, 1.54) is 0 Å². The Labute approximate surface area is 87.7 Å². The third-order valence-electron chi connectivity index (χ3n) is 1.47.